The van der Waals surface area contributed by atoms with Crippen molar-refractivity contribution in [2.75, 3.05) is 36.7 Å². The van der Waals surface area contributed by atoms with Crippen LogP contribution in [-0.4, -0.2) is 43.7 Å². The molecule has 332 valence electrons. The van der Waals surface area contributed by atoms with Crippen molar-refractivity contribution < 1.29 is 29.0 Å². The lowest BCUT2D eigenvalue weighted by Crippen LogP contribution is -2.17. The number of anilines is 3. The highest BCUT2D eigenvalue weighted by Crippen LogP contribution is 2.30. The highest BCUT2D eigenvalue weighted by atomic mass is 16.5. The molecule has 0 saturated heterocycles. The van der Waals surface area contributed by atoms with E-state index in [1.807, 2.05) is 81.4 Å². The highest BCUT2D eigenvalue weighted by molar-refractivity contribution is 6.07. The van der Waals surface area contributed by atoms with Crippen LogP contribution in [0.15, 0.2) is 101 Å². The van der Waals surface area contributed by atoms with Crippen LogP contribution in [-0.2, 0) is 36.9 Å². The van der Waals surface area contributed by atoms with Crippen molar-refractivity contribution in [1.82, 2.24) is 0 Å². The number of hydrogen-bond acceptors (Lipinski definition) is 9. The summed E-state index contributed by atoms with van der Waals surface area (Å²) >= 11 is 0. The van der Waals surface area contributed by atoms with Crippen LogP contribution in [0.5, 0.6) is 11.5 Å². The summed E-state index contributed by atoms with van der Waals surface area (Å²) in [6, 6.07) is 28.1. The standard InChI is InChI=1S/C52H63N5O6/c1-7-37-28-35(29-38(8-2)49(37)53)27-36-30-39(9-3)50(40(10-4)31-36)54-51(59)41-32-42(52(60)61)34-47(33-41)63-48(58)17-15-13-11-12-14-16-26-62-46-24-20-44(21-25-46)56-55-43-18-22-45(23-19-43)57(5)6/h18-25,28-34H,7-17,26-27,53H2,1-6H3,(H,54,59)(H,60,61). The molecule has 0 fully saturated rings. The number of nitrogens with two attached hydrogens (primary N) is 1. The normalized spacial score (nSPS) is 11.1. The number of nitrogens with one attached hydrogen (secondary N) is 1. The van der Waals surface area contributed by atoms with E-state index in [0.29, 0.717) is 31.6 Å². The van der Waals surface area contributed by atoms with Gasteiger partial charge in [0.05, 0.1) is 23.5 Å². The maximum atomic E-state index is 13.7. The summed E-state index contributed by atoms with van der Waals surface area (Å²) in [6.07, 6.45) is 9.40. The van der Waals surface area contributed by atoms with Gasteiger partial charge in [-0.2, -0.15) is 10.2 Å². The van der Waals surface area contributed by atoms with Gasteiger partial charge in [0.1, 0.15) is 11.5 Å². The first-order valence-corrected chi connectivity index (χ1v) is 22.3. The van der Waals surface area contributed by atoms with E-state index >= 15 is 0 Å². The molecule has 11 nitrogen and oxygen atoms in total. The number of azo groups is 1. The first-order chi connectivity index (χ1) is 30.4. The lowest BCUT2D eigenvalue weighted by atomic mass is 9.92. The first-order valence-electron chi connectivity index (χ1n) is 22.3. The van der Waals surface area contributed by atoms with Crippen LogP contribution in [0.2, 0.25) is 0 Å². The summed E-state index contributed by atoms with van der Waals surface area (Å²) in [6.45, 7) is 8.93. The summed E-state index contributed by atoms with van der Waals surface area (Å²) in [4.78, 5) is 40.7. The molecule has 0 aromatic heterocycles. The van der Waals surface area contributed by atoms with E-state index in [0.717, 1.165) is 108 Å². The van der Waals surface area contributed by atoms with E-state index in [-0.39, 0.29) is 23.3 Å². The zero-order chi connectivity index (χ0) is 45.3. The lowest BCUT2D eigenvalue weighted by molar-refractivity contribution is -0.134. The van der Waals surface area contributed by atoms with Crippen molar-refractivity contribution >= 4 is 46.3 Å². The topological polar surface area (TPSA) is 156 Å². The van der Waals surface area contributed by atoms with Gasteiger partial charge in [-0.25, -0.2) is 4.79 Å². The minimum absolute atomic E-state index is 0.0262. The van der Waals surface area contributed by atoms with Gasteiger partial charge in [-0.15, -0.1) is 0 Å². The van der Waals surface area contributed by atoms with Crippen LogP contribution in [0.1, 0.15) is 127 Å². The molecular formula is C52H63N5O6. The minimum atomic E-state index is -1.22. The average molecular weight is 854 g/mol. The maximum absolute atomic E-state index is 13.7. The SMILES string of the molecule is CCc1cc(Cc2cc(CC)c(NC(=O)c3cc(OC(=O)CCCCCCCCOc4ccc(N=Nc5ccc(N(C)C)cc5)cc4)cc(C(=O)O)c3)c(CC)c2)cc(CC)c1N. The molecule has 0 bridgehead atoms. The number of unbranched alkanes of at least 4 members (excludes halogenated alkanes) is 5. The number of ether oxygens (including phenoxy) is 2. The predicted molar refractivity (Wildman–Crippen MR) is 254 cm³/mol. The number of benzene rings is 5. The van der Waals surface area contributed by atoms with Crippen LogP contribution >= 0.6 is 0 Å². The monoisotopic (exact) mass is 853 g/mol. The van der Waals surface area contributed by atoms with E-state index in [2.05, 4.69) is 53.7 Å². The number of nitrogen functional groups attached to an aromatic ring is 1. The zero-order valence-electron chi connectivity index (χ0n) is 37.8. The molecule has 5 aromatic carbocycles. The maximum Gasteiger partial charge on any atom is 0.335 e. The third kappa shape index (κ3) is 14.0. The first kappa shape index (κ1) is 47.6. The van der Waals surface area contributed by atoms with Crippen LogP contribution < -0.4 is 25.4 Å². The van der Waals surface area contributed by atoms with Crippen molar-refractivity contribution in [3.05, 3.63) is 136 Å². The number of esters is 1. The van der Waals surface area contributed by atoms with E-state index in [4.69, 9.17) is 15.2 Å². The minimum Gasteiger partial charge on any atom is -0.494 e. The Kier molecular flexibility index (Phi) is 17.9. The molecule has 0 aliphatic rings. The molecule has 4 N–H and O–H groups in total. The Balaban J connectivity index is 1.06. The number of amides is 1. The van der Waals surface area contributed by atoms with Crippen LogP contribution in [0.4, 0.5) is 28.4 Å². The molecule has 11 heteroatoms. The molecule has 5 rings (SSSR count). The van der Waals surface area contributed by atoms with Gasteiger partial charge < -0.3 is 30.5 Å². The smallest absolute Gasteiger partial charge is 0.335 e. The summed E-state index contributed by atoms with van der Waals surface area (Å²) in [5.41, 5.74) is 17.2. The van der Waals surface area contributed by atoms with Crippen LogP contribution in [0.25, 0.3) is 0 Å². The molecule has 0 unspecified atom stereocenters. The number of carbonyl (C=O) groups is 3. The number of hydrogen-bond donors (Lipinski definition) is 3. The quantitative estimate of drug-likeness (QED) is 0.0193. The molecule has 5 aromatic rings. The van der Waals surface area contributed by atoms with Crippen molar-refractivity contribution in [2.24, 2.45) is 10.2 Å². The van der Waals surface area contributed by atoms with Gasteiger partial charge in [0.25, 0.3) is 5.91 Å². The second kappa shape index (κ2) is 23.7. The van der Waals surface area contributed by atoms with E-state index in [9.17, 15) is 19.5 Å². The second-order valence-electron chi connectivity index (χ2n) is 16.0. The molecule has 0 aliphatic heterocycles. The molecule has 1 amide bonds. The van der Waals surface area contributed by atoms with Crippen LogP contribution in [0, 0.1) is 0 Å². The molecule has 0 aliphatic carbocycles. The molecule has 0 saturated carbocycles. The van der Waals surface area contributed by atoms with Gasteiger partial charge in [-0.1, -0.05) is 77.6 Å². The number of carbonyl (C=O) groups excluding carboxylic acids is 2. The Morgan fingerprint density at radius 1 is 0.635 bits per heavy atom. The summed E-state index contributed by atoms with van der Waals surface area (Å²) in [5, 5.41) is 21.6. The molecule has 0 atom stereocenters. The number of aryl methyl sites for hydroxylation is 4. The molecule has 0 heterocycles. The molecular weight excluding hydrogens is 791 g/mol. The third-order valence-electron chi connectivity index (χ3n) is 11.1. The Hall–Kier alpha value is -6.49. The van der Waals surface area contributed by atoms with Crippen LogP contribution in [0.3, 0.4) is 0 Å². The van der Waals surface area contributed by atoms with E-state index < -0.39 is 17.8 Å². The number of rotatable bonds is 23. The van der Waals surface area contributed by atoms with E-state index in [1.165, 1.54) is 23.8 Å². The van der Waals surface area contributed by atoms with Gasteiger partial charge in [0.2, 0.25) is 0 Å². The second-order valence-corrected chi connectivity index (χ2v) is 16.0. The highest BCUT2D eigenvalue weighted by Gasteiger charge is 2.19. The number of aromatic carboxylic acids is 1. The third-order valence-corrected chi connectivity index (χ3v) is 11.1. The fourth-order valence-corrected chi connectivity index (χ4v) is 7.53. The molecule has 0 spiro atoms. The largest absolute Gasteiger partial charge is 0.494 e. The Bertz CT molecular complexity index is 2300. The fourth-order valence-electron chi connectivity index (χ4n) is 7.53. The van der Waals surface area contributed by atoms with Gasteiger partial charge in [0.15, 0.2) is 0 Å². The lowest BCUT2D eigenvalue weighted by Gasteiger charge is -2.18. The van der Waals surface area contributed by atoms with Crippen molar-refractivity contribution in [1.29, 1.82) is 0 Å². The van der Waals surface area contributed by atoms with Crippen molar-refractivity contribution in [3.63, 3.8) is 0 Å². The number of nitrogens with zero attached hydrogens (tertiary/aromatic N) is 3. The van der Waals surface area contributed by atoms with E-state index in [1.54, 1.807) is 0 Å². The fraction of sp³-hybridized carbons (Fsp3) is 0.365. The molecule has 63 heavy (non-hydrogen) atoms. The predicted octanol–water partition coefficient (Wildman–Crippen LogP) is 12.3. The van der Waals surface area contributed by atoms with Crippen molar-refractivity contribution in [3.8, 4) is 11.5 Å². The van der Waals surface area contributed by atoms with Gasteiger partial charge in [0, 0.05) is 43.1 Å². The van der Waals surface area contributed by atoms with Gasteiger partial charge in [-0.3, -0.25) is 9.59 Å². The van der Waals surface area contributed by atoms with Gasteiger partial charge in [-0.05, 0) is 145 Å². The Morgan fingerprint density at radius 2 is 1.14 bits per heavy atom. The zero-order valence-corrected chi connectivity index (χ0v) is 37.8. The average Bonchev–Trinajstić information content (AvgIpc) is 3.28. The molecule has 0 radical (unpaired) electrons. The summed E-state index contributed by atoms with van der Waals surface area (Å²) < 4.78 is 11.5. The Morgan fingerprint density at radius 3 is 1.68 bits per heavy atom. The van der Waals surface area contributed by atoms with Crippen molar-refractivity contribution in [2.45, 2.75) is 105 Å². The number of carboxylic acid groups (broad SMARTS) is 1. The summed E-state index contributed by atoms with van der Waals surface area (Å²) in [5.74, 6) is -1.36. The summed E-state index contributed by atoms with van der Waals surface area (Å²) in [7, 11) is 3.99. The Labute approximate surface area is 372 Å². The number of carboxylic acids is 1. The van der Waals surface area contributed by atoms with Gasteiger partial charge >= 0.3 is 11.9 Å².